The van der Waals surface area contributed by atoms with Crippen molar-refractivity contribution in [1.82, 2.24) is 10.6 Å². The molecule has 0 saturated heterocycles. The second-order valence-corrected chi connectivity index (χ2v) is 9.75. The summed E-state index contributed by atoms with van der Waals surface area (Å²) in [5, 5.41) is 36.9. The lowest BCUT2D eigenvalue weighted by Crippen LogP contribution is -2.36. The summed E-state index contributed by atoms with van der Waals surface area (Å²) in [6.07, 6.45) is 4.74. The molecule has 0 aromatic rings. The van der Waals surface area contributed by atoms with E-state index in [1.54, 1.807) is 0 Å². The van der Waals surface area contributed by atoms with Crippen molar-refractivity contribution in [3.63, 3.8) is 0 Å². The standard InChI is InChI=1S/C21H46N2O3/c1-20(2,3)22-15-7-9-17(24)11-13-19(26)14-12-18(25)10-8-16-23-21(4,5)6/h17-19,22-26H,7-16H2,1-6H3. The molecule has 0 aliphatic carbocycles. The molecule has 5 heteroatoms. The quantitative estimate of drug-likeness (QED) is 0.302. The summed E-state index contributed by atoms with van der Waals surface area (Å²) >= 11 is 0. The Balaban J connectivity index is 3.64. The first-order chi connectivity index (χ1) is 11.9. The van der Waals surface area contributed by atoms with E-state index < -0.39 is 6.10 Å². The Kier molecular flexibility index (Phi) is 13.0. The number of hydrogen-bond donors (Lipinski definition) is 5. The molecule has 0 aliphatic rings. The molecule has 0 saturated carbocycles. The molecule has 0 aromatic heterocycles. The molecule has 2 atom stereocenters. The first kappa shape index (κ1) is 25.8. The second kappa shape index (κ2) is 13.1. The van der Waals surface area contributed by atoms with Crippen molar-refractivity contribution in [2.75, 3.05) is 13.1 Å². The fraction of sp³-hybridized carbons (Fsp3) is 1.00. The molecule has 0 spiro atoms. The molecule has 0 heterocycles. The predicted molar refractivity (Wildman–Crippen MR) is 110 cm³/mol. The maximum atomic E-state index is 10.1. The van der Waals surface area contributed by atoms with Gasteiger partial charge in [0.05, 0.1) is 18.3 Å². The third kappa shape index (κ3) is 18.6. The van der Waals surface area contributed by atoms with E-state index in [4.69, 9.17) is 0 Å². The van der Waals surface area contributed by atoms with Crippen LogP contribution in [0.3, 0.4) is 0 Å². The van der Waals surface area contributed by atoms with Gasteiger partial charge in [0.1, 0.15) is 0 Å². The lowest BCUT2D eigenvalue weighted by molar-refractivity contribution is 0.0824. The Morgan fingerprint density at radius 3 is 1.08 bits per heavy atom. The first-order valence-electron chi connectivity index (χ1n) is 10.4. The monoisotopic (exact) mass is 374 g/mol. The smallest absolute Gasteiger partial charge is 0.0542 e. The predicted octanol–water partition coefficient (Wildman–Crippen LogP) is 2.97. The summed E-state index contributed by atoms with van der Waals surface area (Å²) in [4.78, 5) is 0. The van der Waals surface area contributed by atoms with Gasteiger partial charge in [-0.15, -0.1) is 0 Å². The molecular weight excluding hydrogens is 328 g/mol. The van der Waals surface area contributed by atoms with E-state index in [1.807, 2.05) is 0 Å². The van der Waals surface area contributed by atoms with Gasteiger partial charge in [-0.2, -0.15) is 0 Å². The summed E-state index contributed by atoms with van der Waals surface area (Å²) in [6.45, 7) is 14.6. The van der Waals surface area contributed by atoms with Gasteiger partial charge in [-0.3, -0.25) is 0 Å². The minimum absolute atomic E-state index is 0.116. The zero-order valence-electron chi connectivity index (χ0n) is 18.1. The summed E-state index contributed by atoms with van der Waals surface area (Å²) in [5.41, 5.74) is 0.232. The van der Waals surface area contributed by atoms with Crippen LogP contribution in [-0.2, 0) is 0 Å². The van der Waals surface area contributed by atoms with E-state index in [2.05, 4.69) is 52.2 Å². The highest BCUT2D eigenvalue weighted by Gasteiger charge is 2.13. The molecule has 0 rings (SSSR count). The molecule has 0 amide bonds. The third-order valence-corrected chi connectivity index (χ3v) is 4.41. The number of aliphatic hydroxyl groups excluding tert-OH is 3. The highest BCUT2D eigenvalue weighted by Crippen LogP contribution is 2.13. The van der Waals surface area contributed by atoms with Crippen molar-refractivity contribution < 1.29 is 15.3 Å². The van der Waals surface area contributed by atoms with Gasteiger partial charge in [-0.1, -0.05) is 0 Å². The lowest BCUT2D eigenvalue weighted by atomic mass is 10.00. The molecule has 2 unspecified atom stereocenters. The van der Waals surface area contributed by atoms with E-state index in [1.165, 1.54) is 0 Å². The highest BCUT2D eigenvalue weighted by atomic mass is 16.3. The SMILES string of the molecule is CC(C)(C)NCCCC(O)CCC(O)CCC(O)CCCNC(C)(C)C. The molecule has 158 valence electrons. The summed E-state index contributed by atoms with van der Waals surface area (Å²) in [7, 11) is 0. The first-order valence-corrected chi connectivity index (χ1v) is 10.4. The molecule has 0 radical (unpaired) electrons. The van der Waals surface area contributed by atoms with Crippen molar-refractivity contribution in [1.29, 1.82) is 0 Å². The Labute approximate surface area is 162 Å². The minimum atomic E-state index is -0.431. The molecule has 5 N–H and O–H groups in total. The molecule has 5 nitrogen and oxygen atoms in total. The van der Waals surface area contributed by atoms with Crippen LogP contribution in [0.15, 0.2) is 0 Å². The molecule has 0 bridgehead atoms. The van der Waals surface area contributed by atoms with Crippen molar-refractivity contribution in [3.05, 3.63) is 0 Å². The largest absolute Gasteiger partial charge is 0.393 e. The summed E-state index contributed by atoms with van der Waals surface area (Å²) < 4.78 is 0. The second-order valence-electron chi connectivity index (χ2n) is 9.75. The van der Waals surface area contributed by atoms with Gasteiger partial charge in [0.2, 0.25) is 0 Å². The van der Waals surface area contributed by atoms with Gasteiger partial charge < -0.3 is 26.0 Å². The maximum absolute atomic E-state index is 10.1. The van der Waals surface area contributed by atoms with Crippen molar-refractivity contribution in [3.8, 4) is 0 Å². The number of hydrogen-bond acceptors (Lipinski definition) is 5. The molecular formula is C21H46N2O3. The Bertz CT molecular complexity index is 305. The van der Waals surface area contributed by atoms with Crippen LogP contribution in [0.2, 0.25) is 0 Å². The van der Waals surface area contributed by atoms with E-state index in [-0.39, 0.29) is 23.3 Å². The van der Waals surface area contributed by atoms with Crippen LogP contribution in [0.4, 0.5) is 0 Å². The fourth-order valence-electron chi connectivity index (χ4n) is 2.80. The van der Waals surface area contributed by atoms with Gasteiger partial charge in [0.15, 0.2) is 0 Å². The Hall–Kier alpha value is -0.200. The highest BCUT2D eigenvalue weighted by molar-refractivity contribution is 4.72. The van der Waals surface area contributed by atoms with Crippen LogP contribution >= 0.6 is 0 Å². The van der Waals surface area contributed by atoms with Crippen molar-refractivity contribution >= 4 is 0 Å². The van der Waals surface area contributed by atoms with E-state index in [0.29, 0.717) is 25.7 Å². The van der Waals surface area contributed by atoms with Crippen molar-refractivity contribution in [2.45, 2.75) is 122 Å². The van der Waals surface area contributed by atoms with Crippen LogP contribution < -0.4 is 10.6 Å². The normalized spacial score (nSPS) is 16.5. The molecule has 26 heavy (non-hydrogen) atoms. The number of nitrogens with one attached hydrogen (secondary N) is 2. The Morgan fingerprint density at radius 1 is 0.538 bits per heavy atom. The topological polar surface area (TPSA) is 84.8 Å². The van der Waals surface area contributed by atoms with Crippen molar-refractivity contribution in [2.24, 2.45) is 0 Å². The zero-order chi connectivity index (χ0) is 20.2. The van der Waals surface area contributed by atoms with Gasteiger partial charge in [0, 0.05) is 11.1 Å². The molecule has 0 aromatic carbocycles. The van der Waals surface area contributed by atoms with Crippen LogP contribution in [0.1, 0.15) is 92.9 Å². The van der Waals surface area contributed by atoms with Gasteiger partial charge in [-0.25, -0.2) is 0 Å². The van der Waals surface area contributed by atoms with Crippen LogP contribution in [0.5, 0.6) is 0 Å². The zero-order valence-corrected chi connectivity index (χ0v) is 18.1. The van der Waals surface area contributed by atoms with Gasteiger partial charge in [0.25, 0.3) is 0 Å². The number of rotatable bonds is 14. The molecule has 0 fully saturated rings. The summed E-state index contributed by atoms with van der Waals surface area (Å²) in [5.74, 6) is 0. The minimum Gasteiger partial charge on any atom is -0.393 e. The summed E-state index contributed by atoms with van der Waals surface area (Å²) in [6, 6.07) is 0. The number of aliphatic hydroxyl groups is 3. The van der Waals surface area contributed by atoms with E-state index >= 15 is 0 Å². The average Bonchev–Trinajstić information content (AvgIpc) is 2.50. The Morgan fingerprint density at radius 2 is 0.808 bits per heavy atom. The van der Waals surface area contributed by atoms with Crippen LogP contribution in [0, 0.1) is 0 Å². The fourth-order valence-corrected chi connectivity index (χ4v) is 2.80. The average molecular weight is 375 g/mol. The van der Waals surface area contributed by atoms with Crippen LogP contribution in [0.25, 0.3) is 0 Å². The van der Waals surface area contributed by atoms with Gasteiger partial charge in [-0.05, 0) is 106 Å². The lowest BCUT2D eigenvalue weighted by Gasteiger charge is -2.21. The van der Waals surface area contributed by atoms with Gasteiger partial charge >= 0.3 is 0 Å². The van der Waals surface area contributed by atoms with E-state index in [9.17, 15) is 15.3 Å². The molecule has 0 aliphatic heterocycles. The maximum Gasteiger partial charge on any atom is 0.0542 e. The third-order valence-electron chi connectivity index (χ3n) is 4.41. The van der Waals surface area contributed by atoms with Crippen LogP contribution in [-0.4, -0.2) is 57.8 Å². The van der Waals surface area contributed by atoms with E-state index in [0.717, 1.165) is 38.8 Å².